The first kappa shape index (κ1) is 21.5. The quantitative estimate of drug-likeness (QED) is 0.208. The number of carbonyl (C=O) groups is 2. The van der Waals surface area contributed by atoms with Crippen molar-refractivity contribution in [2.75, 3.05) is 12.5 Å². The number of hydrogen-bond acceptors (Lipinski definition) is 4. The normalized spacial score (nSPS) is 10.5. The van der Waals surface area contributed by atoms with Gasteiger partial charge in [-0.25, -0.2) is 0 Å². The number of hydrogen-bond donors (Lipinski definition) is 0. The average molecular weight is 369 g/mol. The van der Waals surface area contributed by atoms with Crippen molar-refractivity contribution in [1.29, 1.82) is 0 Å². The summed E-state index contributed by atoms with van der Waals surface area (Å²) in [5.41, 5.74) is 1.04. The molecular formula is C20H29ClO4. The number of aryl methyl sites for hydroxylation is 1. The van der Waals surface area contributed by atoms with Gasteiger partial charge in [-0.2, -0.15) is 0 Å². The van der Waals surface area contributed by atoms with Crippen molar-refractivity contribution >= 4 is 23.5 Å². The highest BCUT2D eigenvalue weighted by molar-refractivity contribution is 6.17. The maximum absolute atomic E-state index is 11.7. The third-order valence-electron chi connectivity index (χ3n) is 3.77. The Kier molecular flexibility index (Phi) is 11.8. The van der Waals surface area contributed by atoms with E-state index in [1.54, 1.807) is 6.07 Å². The van der Waals surface area contributed by atoms with Crippen LogP contribution in [-0.4, -0.2) is 24.4 Å². The van der Waals surface area contributed by atoms with Gasteiger partial charge in [0.2, 0.25) is 0 Å². The van der Waals surface area contributed by atoms with Gasteiger partial charge in [0.25, 0.3) is 0 Å². The molecule has 0 saturated heterocycles. The third kappa shape index (κ3) is 11.6. The molecule has 0 amide bonds. The van der Waals surface area contributed by atoms with E-state index in [1.165, 1.54) is 12.8 Å². The van der Waals surface area contributed by atoms with Gasteiger partial charge in [0.15, 0.2) is 0 Å². The van der Waals surface area contributed by atoms with Crippen LogP contribution in [0.2, 0.25) is 0 Å². The zero-order valence-electron chi connectivity index (χ0n) is 15.1. The van der Waals surface area contributed by atoms with E-state index in [4.69, 9.17) is 21.1 Å². The van der Waals surface area contributed by atoms with Gasteiger partial charge in [0.05, 0.1) is 6.61 Å². The van der Waals surface area contributed by atoms with Crippen molar-refractivity contribution < 1.29 is 19.1 Å². The zero-order chi connectivity index (χ0) is 18.3. The van der Waals surface area contributed by atoms with E-state index in [9.17, 15) is 9.59 Å². The average Bonchev–Trinajstić information content (AvgIpc) is 2.57. The summed E-state index contributed by atoms with van der Waals surface area (Å²) >= 11 is 5.62. The SMILES string of the molecule is Cc1cccc(OC(=O)CCCC(=O)OCCCCCCCCCl)c1. The van der Waals surface area contributed by atoms with Gasteiger partial charge < -0.3 is 9.47 Å². The summed E-state index contributed by atoms with van der Waals surface area (Å²) in [4.78, 5) is 23.3. The number of esters is 2. The number of ether oxygens (including phenoxy) is 2. The molecule has 0 bridgehead atoms. The maximum Gasteiger partial charge on any atom is 0.311 e. The molecule has 0 aromatic heterocycles. The van der Waals surface area contributed by atoms with E-state index >= 15 is 0 Å². The molecule has 1 aromatic carbocycles. The van der Waals surface area contributed by atoms with Crippen LogP contribution in [-0.2, 0) is 14.3 Å². The fourth-order valence-corrected chi connectivity index (χ4v) is 2.59. The van der Waals surface area contributed by atoms with E-state index < -0.39 is 0 Å². The smallest absolute Gasteiger partial charge is 0.311 e. The first-order valence-electron chi connectivity index (χ1n) is 9.11. The minimum absolute atomic E-state index is 0.212. The topological polar surface area (TPSA) is 52.6 Å². The molecule has 0 aliphatic rings. The second-order valence-corrected chi connectivity index (χ2v) is 6.55. The summed E-state index contributed by atoms with van der Waals surface area (Å²) < 4.78 is 10.4. The van der Waals surface area contributed by atoms with Crippen molar-refractivity contribution in [3.8, 4) is 5.75 Å². The third-order valence-corrected chi connectivity index (χ3v) is 4.04. The molecule has 0 fully saturated rings. The number of alkyl halides is 1. The molecule has 0 aliphatic carbocycles. The Hall–Kier alpha value is -1.55. The molecule has 0 saturated carbocycles. The summed E-state index contributed by atoms with van der Waals surface area (Å²) in [6, 6.07) is 7.33. The van der Waals surface area contributed by atoms with Gasteiger partial charge in [-0.05, 0) is 43.9 Å². The van der Waals surface area contributed by atoms with E-state index in [1.807, 2.05) is 25.1 Å². The van der Waals surface area contributed by atoms with Crippen molar-refractivity contribution in [1.82, 2.24) is 0 Å². The summed E-state index contributed by atoms with van der Waals surface area (Å²) in [6.07, 6.45) is 7.44. The number of carbonyl (C=O) groups excluding carboxylic acids is 2. The summed E-state index contributed by atoms with van der Waals surface area (Å²) in [5.74, 6) is 0.704. The van der Waals surface area contributed by atoms with E-state index in [0.717, 1.165) is 37.1 Å². The highest BCUT2D eigenvalue weighted by Crippen LogP contribution is 2.13. The van der Waals surface area contributed by atoms with Crippen molar-refractivity contribution in [3.05, 3.63) is 29.8 Å². The van der Waals surface area contributed by atoms with Crippen LogP contribution < -0.4 is 4.74 Å². The first-order valence-corrected chi connectivity index (χ1v) is 9.64. The predicted octanol–water partition coefficient (Wildman–Crippen LogP) is 5.19. The van der Waals surface area contributed by atoms with Gasteiger partial charge in [0.1, 0.15) is 5.75 Å². The Morgan fingerprint density at radius 1 is 0.920 bits per heavy atom. The molecule has 0 unspecified atom stereocenters. The Morgan fingerprint density at radius 2 is 1.60 bits per heavy atom. The predicted molar refractivity (Wildman–Crippen MR) is 100 cm³/mol. The largest absolute Gasteiger partial charge is 0.466 e. The zero-order valence-corrected chi connectivity index (χ0v) is 15.9. The second-order valence-electron chi connectivity index (χ2n) is 6.17. The fourth-order valence-electron chi connectivity index (χ4n) is 2.40. The molecule has 25 heavy (non-hydrogen) atoms. The van der Waals surface area contributed by atoms with Crippen LogP contribution in [0.5, 0.6) is 5.75 Å². The minimum atomic E-state index is -0.324. The lowest BCUT2D eigenvalue weighted by atomic mass is 10.1. The summed E-state index contributed by atoms with van der Waals surface area (Å²) in [5, 5.41) is 0. The molecule has 1 aromatic rings. The number of halogens is 1. The second kappa shape index (κ2) is 13.7. The van der Waals surface area contributed by atoms with Crippen LogP contribution >= 0.6 is 11.6 Å². The van der Waals surface area contributed by atoms with E-state index in [-0.39, 0.29) is 24.8 Å². The summed E-state index contributed by atoms with van der Waals surface area (Å²) in [6.45, 7) is 2.40. The highest BCUT2D eigenvalue weighted by atomic mass is 35.5. The molecule has 0 atom stereocenters. The van der Waals surface area contributed by atoms with Gasteiger partial charge in [-0.1, -0.05) is 37.8 Å². The standard InChI is InChI=1S/C20H29ClO4/c1-17-10-8-11-18(16-17)25-20(23)13-9-12-19(22)24-15-7-5-3-2-4-6-14-21/h8,10-11,16H,2-7,9,12-15H2,1H3. The van der Waals surface area contributed by atoms with Crippen LogP contribution in [0.15, 0.2) is 24.3 Å². The molecule has 4 nitrogen and oxygen atoms in total. The Morgan fingerprint density at radius 3 is 2.32 bits per heavy atom. The lowest BCUT2D eigenvalue weighted by Gasteiger charge is -2.06. The number of unbranched alkanes of at least 4 members (excludes halogenated alkanes) is 5. The van der Waals surface area contributed by atoms with Gasteiger partial charge >= 0.3 is 11.9 Å². The fraction of sp³-hybridized carbons (Fsp3) is 0.600. The molecule has 0 aliphatic heterocycles. The van der Waals surface area contributed by atoms with Gasteiger partial charge in [-0.3, -0.25) is 9.59 Å². The number of rotatable bonds is 13. The Bertz CT molecular complexity index is 516. The van der Waals surface area contributed by atoms with Crippen LogP contribution in [0.3, 0.4) is 0 Å². The first-order chi connectivity index (χ1) is 12.1. The highest BCUT2D eigenvalue weighted by Gasteiger charge is 2.08. The molecule has 5 heteroatoms. The monoisotopic (exact) mass is 368 g/mol. The van der Waals surface area contributed by atoms with E-state index in [0.29, 0.717) is 18.8 Å². The van der Waals surface area contributed by atoms with Crippen LogP contribution in [0, 0.1) is 6.92 Å². The van der Waals surface area contributed by atoms with Crippen molar-refractivity contribution in [3.63, 3.8) is 0 Å². The molecule has 0 N–H and O–H groups in total. The van der Waals surface area contributed by atoms with Crippen LogP contribution in [0.4, 0.5) is 0 Å². The van der Waals surface area contributed by atoms with Gasteiger partial charge in [0, 0.05) is 18.7 Å². The molecule has 0 radical (unpaired) electrons. The maximum atomic E-state index is 11.7. The van der Waals surface area contributed by atoms with E-state index in [2.05, 4.69) is 0 Å². The van der Waals surface area contributed by atoms with Gasteiger partial charge in [-0.15, -0.1) is 11.6 Å². The van der Waals surface area contributed by atoms with Crippen molar-refractivity contribution in [2.24, 2.45) is 0 Å². The van der Waals surface area contributed by atoms with Crippen molar-refractivity contribution in [2.45, 2.75) is 64.7 Å². The Balaban J connectivity index is 2.00. The van der Waals surface area contributed by atoms with Crippen LogP contribution in [0.1, 0.15) is 63.4 Å². The lowest BCUT2D eigenvalue weighted by Crippen LogP contribution is -2.10. The molecule has 0 spiro atoms. The van der Waals surface area contributed by atoms with Crippen LogP contribution in [0.25, 0.3) is 0 Å². The molecular weight excluding hydrogens is 340 g/mol. The minimum Gasteiger partial charge on any atom is -0.466 e. The molecule has 0 heterocycles. The summed E-state index contributed by atoms with van der Waals surface area (Å²) in [7, 11) is 0. The lowest BCUT2D eigenvalue weighted by molar-refractivity contribution is -0.144. The number of benzene rings is 1. The molecule has 1 rings (SSSR count). The molecule has 140 valence electrons. The Labute approximate surface area is 155 Å².